The first-order valence-corrected chi connectivity index (χ1v) is 7.71. The van der Waals surface area contributed by atoms with Crippen molar-refractivity contribution in [1.82, 2.24) is 20.1 Å². The largest absolute Gasteiger partial charge is 0.446 e. The average Bonchev–Trinajstić information content (AvgIpc) is 3.16. The van der Waals surface area contributed by atoms with E-state index in [1.165, 1.54) is 0 Å². The highest BCUT2D eigenvalue weighted by molar-refractivity contribution is 7.09. The minimum Gasteiger partial charge on any atom is -0.446 e. The van der Waals surface area contributed by atoms with Crippen molar-refractivity contribution in [3.8, 4) is 0 Å². The van der Waals surface area contributed by atoms with E-state index in [1.54, 1.807) is 24.5 Å². The van der Waals surface area contributed by atoms with Gasteiger partial charge in [-0.15, -0.1) is 11.3 Å². The summed E-state index contributed by atoms with van der Waals surface area (Å²) in [6.45, 7) is 3.65. The smallest absolute Gasteiger partial charge is 0.223 e. The molecule has 0 bridgehead atoms. The van der Waals surface area contributed by atoms with Crippen molar-refractivity contribution in [2.24, 2.45) is 0 Å². The molecule has 0 aromatic carbocycles. The van der Waals surface area contributed by atoms with Gasteiger partial charge in [-0.2, -0.15) is 4.98 Å². The molecule has 6 nitrogen and oxygen atoms in total. The Morgan fingerprint density at radius 2 is 1.95 bits per heavy atom. The Morgan fingerprint density at radius 1 is 1.05 bits per heavy atom. The number of aromatic nitrogens is 4. The summed E-state index contributed by atoms with van der Waals surface area (Å²) >= 11 is 1.68. The van der Waals surface area contributed by atoms with Crippen molar-refractivity contribution in [3.63, 3.8) is 0 Å². The molecule has 21 heavy (non-hydrogen) atoms. The van der Waals surface area contributed by atoms with E-state index in [9.17, 15) is 0 Å². The summed E-state index contributed by atoms with van der Waals surface area (Å²) in [7, 11) is 0. The minimum absolute atomic E-state index is 0.603. The van der Waals surface area contributed by atoms with E-state index in [-0.39, 0.29) is 0 Å². The third kappa shape index (κ3) is 3.75. The second-order valence-corrected chi connectivity index (χ2v) is 5.75. The Morgan fingerprint density at radius 3 is 2.67 bits per heavy atom. The Labute approximate surface area is 126 Å². The van der Waals surface area contributed by atoms with Gasteiger partial charge in [-0.05, 0) is 6.42 Å². The van der Waals surface area contributed by atoms with Gasteiger partial charge in [0, 0.05) is 38.5 Å². The van der Waals surface area contributed by atoms with E-state index in [0.717, 1.165) is 48.0 Å². The fourth-order valence-electron chi connectivity index (χ4n) is 2.01. The number of thiazole rings is 1. The maximum atomic E-state index is 5.46. The molecule has 0 aliphatic carbocycles. The van der Waals surface area contributed by atoms with Gasteiger partial charge in [-0.25, -0.2) is 9.97 Å². The molecule has 3 aromatic heterocycles. The third-order valence-electron chi connectivity index (χ3n) is 3.03. The fraction of sp³-hybridized carbons (Fsp3) is 0.429. The lowest BCUT2D eigenvalue weighted by Gasteiger charge is -1.94. The highest BCUT2D eigenvalue weighted by Gasteiger charge is 2.07. The first-order valence-electron chi connectivity index (χ1n) is 6.83. The van der Waals surface area contributed by atoms with E-state index in [4.69, 9.17) is 8.94 Å². The summed E-state index contributed by atoms with van der Waals surface area (Å²) in [6, 6.07) is 0. The van der Waals surface area contributed by atoms with Crippen LogP contribution in [-0.4, -0.2) is 20.1 Å². The van der Waals surface area contributed by atoms with E-state index < -0.39 is 0 Å². The molecule has 7 heteroatoms. The maximum Gasteiger partial charge on any atom is 0.223 e. The predicted octanol–water partition coefficient (Wildman–Crippen LogP) is 2.70. The summed E-state index contributed by atoms with van der Waals surface area (Å²) in [6.07, 6.45) is 5.07. The normalized spacial score (nSPS) is 11.1. The third-order valence-corrected chi connectivity index (χ3v) is 3.99. The highest BCUT2D eigenvalue weighted by Crippen LogP contribution is 2.15. The molecule has 110 valence electrons. The van der Waals surface area contributed by atoms with Crippen LogP contribution in [0.4, 0.5) is 0 Å². The van der Waals surface area contributed by atoms with Crippen LogP contribution in [0, 0.1) is 13.8 Å². The van der Waals surface area contributed by atoms with Crippen molar-refractivity contribution >= 4 is 11.3 Å². The molecule has 0 N–H and O–H groups in total. The van der Waals surface area contributed by atoms with Gasteiger partial charge in [0.25, 0.3) is 0 Å². The highest BCUT2D eigenvalue weighted by atomic mass is 32.1. The molecule has 0 fully saturated rings. The lowest BCUT2D eigenvalue weighted by atomic mass is 10.2. The first-order chi connectivity index (χ1) is 10.2. The van der Waals surface area contributed by atoms with Crippen LogP contribution >= 0.6 is 11.3 Å². The van der Waals surface area contributed by atoms with Crippen LogP contribution in [0.3, 0.4) is 0 Å². The van der Waals surface area contributed by atoms with Crippen LogP contribution < -0.4 is 0 Å². The quantitative estimate of drug-likeness (QED) is 0.696. The van der Waals surface area contributed by atoms with Gasteiger partial charge < -0.3 is 8.94 Å². The standard InChI is InChI=1S/C14H16N4O2S/c1-9-15-7-12(19-9)4-6-14-17-11(8-21-14)3-5-13-16-10(2)20-18-13/h7-8H,3-6H2,1-2H3. The van der Waals surface area contributed by atoms with Crippen LogP contribution in [0.15, 0.2) is 20.5 Å². The predicted molar refractivity (Wildman–Crippen MR) is 77.2 cm³/mol. The maximum absolute atomic E-state index is 5.46. The number of rotatable bonds is 6. The van der Waals surface area contributed by atoms with E-state index in [1.807, 2.05) is 6.92 Å². The van der Waals surface area contributed by atoms with Crippen LogP contribution in [0.5, 0.6) is 0 Å². The topological polar surface area (TPSA) is 77.8 Å². The van der Waals surface area contributed by atoms with E-state index in [0.29, 0.717) is 11.8 Å². The monoisotopic (exact) mass is 304 g/mol. The van der Waals surface area contributed by atoms with Crippen molar-refractivity contribution in [2.75, 3.05) is 0 Å². The Hall–Kier alpha value is -2.02. The molecule has 0 spiro atoms. The van der Waals surface area contributed by atoms with E-state index >= 15 is 0 Å². The van der Waals surface area contributed by atoms with Gasteiger partial charge in [-0.1, -0.05) is 5.16 Å². The second-order valence-electron chi connectivity index (χ2n) is 4.81. The van der Waals surface area contributed by atoms with Crippen molar-refractivity contribution < 1.29 is 8.94 Å². The number of nitrogens with zero attached hydrogens (tertiary/aromatic N) is 4. The van der Waals surface area contributed by atoms with Crippen molar-refractivity contribution in [3.05, 3.63) is 45.6 Å². The molecule has 0 unspecified atom stereocenters. The number of hydrogen-bond acceptors (Lipinski definition) is 7. The molecule has 0 aliphatic rings. The molecule has 0 aliphatic heterocycles. The molecule has 3 rings (SSSR count). The van der Waals surface area contributed by atoms with Gasteiger partial charge in [0.05, 0.1) is 16.9 Å². The molecular formula is C14H16N4O2S. The van der Waals surface area contributed by atoms with E-state index in [2.05, 4.69) is 25.5 Å². The lowest BCUT2D eigenvalue weighted by molar-refractivity contribution is 0.387. The SMILES string of the molecule is Cc1nc(CCc2csc(CCc3cnc(C)o3)n2)no1. The van der Waals surface area contributed by atoms with Crippen LogP contribution in [0.25, 0.3) is 0 Å². The molecule has 3 aromatic rings. The fourth-order valence-corrected chi connectivity index (χ4v) is 2.84. The van der Waals surface area contributed by atoms with Crippen molar-refractivity contribution in [1.29, 1.82) is 0 Å². The Bertz CT molecular complexity index is 657. The molecule has 3 heterocycles. The summed E-state index contributed by atoms with van der Waals surface area (Å²) < 4.78 is 10.4. The van der Waals surface area contributed by atoms with Gasteiger partial charge in [0.2, 0.25) is 5.89 Å². The zero-order valence-corrected chi connectivity index (χ0v) is 12.8. The Kier molecular flexibility index (Phi) is 4.10. The van der Waals surface area contributed by atoms with Crippen molar-refractivity contribution in [2.45, 2.75) is 39.5 Å². The van der Waals surface area contributed by atoms with Gasteiger partial charge in [0.15, 0.2) is 11.7 Å². The van der Waals surface area contributed by atoms with Gasteiger partial charge >= 0.3 is 0 Å². The zero-order valence-electron chi connectivity index (χ0n) is 12.0. The number of aryl methyl sites for hydroxylation is 6. The molecule has 0 amide bonds. The first kappa shape index (κ1) is 13.9. The second kappa shape index (κ2) is 6.17. The number of oxazole rings is 1. The average molecular weight is 304 g/mol. The summed E-state index contributed by atoms with van der Waals surface area (Å²) in [5.41, 5.74) is 1.08. The summed E-state index contributed by atoms with van der Waals surface area (Å²) in [4.78, 5) is 12.9. The molecule has 0 radical (unpaired) electrons. The van der Waals surface area contributed by atoms with Gasteiger partial charge in [-0.3, -0.25) is 0 Å². The zero-order chi connectivity index (χ0) is 14.7. The Balaban J connectivity index is 1.51. The molecule has 0 saturated heterocycles. The van der Waals surface area contributed by atoms with Crippen LogP contribution in [0.2, 0.25) is 0 Å². The summed E-state index contributed by atoms with van der Waals surface area (Å²) in [5.74, 6) is 2.96. The lowest BCUT2D eigenvalue weighted by Crippen LogP contribution is -1.95. The molecular weight excluding hydrogens is 288 g/mol. The van der Waals surface area contributed by atoms with Crippen LogP contribution in [-0.2, 0) is 25.7 Å². The number of hydrogen-bond donors (Lipinski definition) is 0. The molecule has 0 atom stereocenters. The summed E-state index contributed by atoms with van der Waals surface area (Å²) in [5, 5.41) is 7.09. The minimum atomic E-state index is 0.603. The molecule has 0 saturated carbocycles. The van der Waals surface area contributed by atoms with Crippen LogP contribution in [0.1, 0.15) is 34.1 Å². The van der Waals surface area contributed by atoms with Gasteiger partial charge in [0.1, 0.15) is 5.76 Å².